The minimum Gasteiger partial charge on any atom is -0.462 e. The summed E-state index contributed by atoms with van der Waals surface area (Å²) in [6, 6.07) is 6.13. The van der Waals surface area contributed by atoms with Crippen LogP contribution in [0.15, 0.2) is 24.3 Å². The number of ether oxygens (including phenoxy) is 1. The molecule has 0 aromatic heterocycles. The van der Waals surface area contributed by atoms with Crippen LogP contribution in [0.1, 0.15) is 22.8 Å². The molecule has 1 aromatic rings. The zero-order valence-corrected chi connectivity index (χ0v) is 7.24. The van der Waals surface area contributed by atoms with Crippen molar-refractivity contribution < 1.29 is 14.3 Å². The van der Waals surface area contributed by atoms with Crippen molar-refractivity contribution in [1.82, 2.24) is 0 Å². The Morgan fingerprint density at radius 2 is 2.00 bits per heavy atom. The molecular weight excluding hydrogens is 168 g/mol. The Labute approximate surface area is 76.3 Å². The smallest absolute Gasteiger partial charge is 0.338 e. The number of esters is 1. The molecule has 1 rings (SSSR count). The fraction of sp³-hybridized carbons (Fsp3) is 0.200. The first-order valence-electron chi connectivity index (χ1n) is 3.93. The van der Waals surface area contributed by atoms with E-state index in [0.29, 0.717) is 17.7 Å². The third kappa shape index (κ3) is 2.40. The van der Waals surface area contributed by atoms with Crippen molar-refractivity contribution in [2.75, 3.05) is 6.61 Å². The van der Waals surface area contributed by atoms with Gasteiger partial charge in [0.25, 0.3) is 0 Å². The largest absolute Gasteiger partial charge is 0.462 e. The van der Waals surface area contributed by atoms with Crippen molar-refractivity contribution >= 4 is 12.3 Å². The highest BCUT2D eigenvalue weighted by molar-refractivity contribution is 5.90. The van der Waals surface area contributed by atoms with Gasteiger partial charge in [-0.15, -0.1) is 0 Å². The van der Waals surface area contributed by atoms with Gasteiger partial charge in [-0.2, -0.15) is 0 Å². The maximum absolute atomic E-state index is 11.1. The lowest BCUT2D eigenvalue weighted by atomic mass is 10.1. The van der Waals surface area contributed by atoms with Crippen molar-refractivity contribution in [3.63, 3.8) is 0 Å². The normalized spacial score (nSPS) is 9.31. The summed E-state index contributed by atoms with van der Waals surface area (Å²) in [5.41, 5.74) is 0.869. The number of carbonyl (C=O) groups excluding carboxylic acids is 2. The van der Waals surface area contributed by atoms with Crippen LogP contribution in [0, 0.1) is 0 Å². The van der Waals surface area contributed by atoms with Crippen LogP contribution in [0.2, 0.25) is 0 Å². The average Bonchev–Trinajstić information content (AvgIpc) is 2.18. The molecule has 0 fully saturated rings. The van der Waals surface area contributed by atoms with Gasteiger partial charge in [0.1, 0.15) is 0 Å². The van der Waals surface area contributed by atoms with Crippen molar-refractivity contribution in [3.8, 4) is 0 Å². The summed E-state index contributed by atoms with van der Waals surface area (Å²) in [4.78, 5) is 21.3. The molecule has 67 valence electrons. The zero-order chi connectivity index (χ0) is 9.68. The summed E-state index contributed by atoms with van der Waals surface area (Å²) < 4.78 is 4.76. The van der Waals surface area contributed by atoms with Gasteiger partial charge in [-0.3, -0.25) is 4.79 Å². The topological polar surface area (TPSA) is 43.4 Å². The molecule has 1 aromatic carbocycles. The molecule has 3 nitrogen and oxygen atoms in total. The van der Waals surface area contributed by atoms with E-state index in [0.717, 1.165) is 0 Å². The summed E-state index contributed by atoms with van der Waals surface area (Å²) in [6.45, 7) is 2.09. The van der Waals surface area contributed by atoms with Crippen LogP contribution in [-0.2, 0) is 9.53 Å². The summed E-state index contributed by atoms with van der Waals surface area (Å²) in [7, 11) is 0. The van der Waals surface area contributed by atoms with E-state index in [1.165, 1.54) is 24.3 Å². The SMILES string of the molecule is CCOC(=O)c1ccc([C]=O)cc1. The van der Waals surface area contributed by atoms with Gasteiger partial charge in [-0.25, -0.2) is 4.79 Å². The highest BCUT2D eigenvalue weighted by atomic mass is 16.5. The monoisotopic (exact) mass is 177 g/mol. The van der Waals surface area contributed by atoms with E-state index in [1.54, 1.807) is 13.2 Å². The quantitative estimate of drug-likeness (QED) is 0.654. The Kier molecular flexibility index (Phi) is 3.20. The third-order valence-electron chi connectivity index (χ3n) is 1.51. The molecular formula is C10H9O3. The standard InChI is InChI=1S/C10H9O3/c1-2-13-10(12)9-5-3-8(7-11)4-6-9/h3-6H,2H2,1H3. The van der Waals surface area contributed by atoms with Crippen molar-refractivity contribution in [1.29, 1.82) is 0 Å². The van der Waals surface area contributed by atoms with E-state index >= 15 is 0 Å². The predicted molar refractivity (Wildman–Crippen MR) is 47.2 cm³/mol. The van der Waals surface area contributed by atoms with E-state index in [9.17, 15) is 9.59 Å². The first-order valence-corrected chi connectivity index (χ1v) is 3.93. The van der Waals surface area contributed by atoms with Crippen molar-refractivity contribution in [2.45, 2.75) is 6.92 Å². The van der Waals surface area contributed by atoms with E-state index < -0.39 is 0 Å². The molecule has 0 amide bonds. The van der Waals surface area contributed by atoms with E-state index in [-0.39, 0.29) is 5.97 Å². The van der Waals surface area contributed by atoms with Crippen molar-refractivity contribution in [3.05, 3.63) is 35.4 Å². The number of rotatable bonds is 3. The molecule has 0 unspecified atom stereocenters. The lowest BCUT2D eigenvalue weighted by Gasteiger charge is -2.00. The van der Waals surface area contributed by atoms with Crippen LogP contribution in [0.5, 0.6) is 0 Å². The summed E-state index contributed by atoms with van der Waals surface area (Å²) in [5, 5.41) is 0. The van der Waals surface area contributed by atoms with Crippen LogP contribution < -0.4 is 0 Å². The number of hydrogen-bond donors (Lipinski definition) is 0. The van der Waals surface area contributed by atoms with Gasteiger partial charge >= 0.3 is 5.97 Å². The summed E-state index contributed by atoms with van der Waals surface area (Å²) in [5.74, 6) is -0.375. The summed E-state index contributed by atoms with van der Waals surface area (Å²) in [6.07, 6.45) is 1.72. The second-order valence-electron chi connectivity index (χ2n) is 2.40. The maximum atomic E-state index is 11.1. The molecule has 0 aliphatic heterocycles. The van der Waals surface area contributed by atoms with Crippen LogP contribution in [-0.4, -0.2) is 18.9 Å². The second kappa shape index (κ2) is 4.40. The first kappa shape index (κ1) is 9.45. The number of hydrogen-bond acceptors (Lipinski definition) is 3. The minimum atomic E-state index is -0.375. The highest BCUT2D eigenvalue weighted by Gasteiger charge is 2.04. The van der Waals surface area contributed by atoms with Gasteiger partial charge < -0.3 is 4.74 Å². The molecule has 0 heterocycles. The van der Waals surface area contributed by atoms with Gasteiger partial charge in [0.15, 0.2) is 0 Å². The minimum absolute atomic E-state index is 0.348. The Bertz CT molecular complexity index is 300. The molecule has 0 bridgehead atoms. The fourth-order valence-electron chi connectivity index (χ4n) is 0.889. The number of carbonyl (C=O) groups is 1. The molecule has 13 heavy (non-hydrogen) atoms. The number of benzene rings is 1. The molecule has 0 saturated heterocycles. The lowest BCUT2D eigenvalue weighted by molar-refractivity contribution is 0.0526. The second-order valence-corrected chi connectivity index (χ2v) is 2.40. The Morgan fingerprint density at radius 3 is 2.46 bits per heavy atom. The van der Waals surface area contributed by atoms with E-state index in [1.807, 2.05) is 0 Å². The zero-order valence-electron chi connectivity index (χ0n) is 7.24. The lowest BCUT2D eigenvalue weighted by Crippen LogP contribution is -2.04. The molecule has 0 spiro atoms. The molecule has 0 atom stereocenters. The molecule has 0 N–H and O–H groups in total. The maximum Gasteiger partial charge on any atom is 0.338 e. The van der Waals surface area contributed by atoms with Crippen LogP contribution in [0.3, 0.4) is 0 Å². The van der Waals surface area contributed by atoms with Gasteiger partial charge in [0.2, 0.25) is 6.29 Å². The predicted octanol–water partition coefficient (Wildman–Crippen LogP) is 1.32. The molecule has 1 radical (unpaired) electrons. The Morgan fingerprint density at radius 1 is 1.38 bits per heavy atom. The first-order chi connectivity index (χ1) is 6.27. The molecule has 0 aliphatic rings. The van der Waals surface area contributed by atoms with Crippen molar-refractivity contribution in [2.24, 2.45) is 0 Å². The third-order valence-corrected chi connectivity index (χ3v) is 1.51. The Balaban J connectivity index is 2.79. The van der Waals surface area contributed by atoms with E-state index in [2.05, 4.69) is 0 Å². The Hall–Kier alpha value is -1.64. The van der Waals surface area contributed by atoms with Gasteiger partial charge in [0, 0.05) is 5.56 Å². The van der Waals surface area contributed by atoms with Crippen LogP contribution >= 0.6 is 0 Å². The molecule has 0 saturated carbocycles. The molecule has 3 heteroatoms. The molecule has 0 aliphatic carbocycles. The fourth-order valence-corrected chi connectivity index (χ4v) is 0.889. The van der Waals surface area contributed by atoms with Crippen LogP contribution in [0.4, 0.5) is 0 Å². The highest BCUT2D eigenvalue weighted by Crippen LogP contribution is 2.03. The van der Waals surface area contributed by atoms with Crippen LogP contribution in [0.25, 0.3) is 0 Å². The average molecular weight is 177 g/mol. The van der Waals surface area contributed by atoms with Gasteiger partial charge in [0.05, 0.1) is 12.2 Å². The van der Waals surface area contributed by atoms with Gasteiger partial charge in [-0.05, 0) is 19.1 Å². The summed E-state index contributed by atoms with van der Waals surface area (Å²) >= 11 is 0. The van der Waals surface area contributed by atoms with Gasteiger partial charge in [-0.1, -0.05) is 12.1 Å². The van der Waals surface area contributed by atoms with E-state index in [4.69, 9.17) is 4.74 Å².